The summed E-state index contributed by atoms with van der Waals surface area (Å²) in [6.45, 7) is 16.1. The number of amides is 2. The van der Waals surface area contributed by atoms with Crippen LogP contribution in [0, 0.1) is 5.41 Å². The third kappa shape index (κ3) is 6.59. The van der Waals surface area contributed by atoms with Gasteiger partial charge in [0.2, 0.25) is 5.91 Å². The van der Waals surface area contributed by atoms with Gasteiger partial charge in [-0.15, -0.1) is 0 Å². The van der Waals surface area contributed by atoms with Crippen molar-refractivity contribution in [3.05, 3.63) is 34.9 Å². The number of carbonyl (C=O) groups excluding carboxylic acids is 2. The molecule has 0 spiro atoms. The number of halogens is 1. The summed E-state index contributed by atoms with van der Waals surface area (Å²) >= 11 is 6.15. The van der Waals surface area contributed by atoms with Crippen LogP contribution < -0.4 is 0 Å². The molecular formula is C24H37ClN2O4. The molecule has 31 heavy (non-hydrogen) atoms. The van der Waals surface area contributed by atoms with Gasteiger partial charge in [0.25, 0.3) is 0 Å². The summed E-state index contributed by atoms with van der Waals surface area (Å²) in [5.74, 6) is -0.937. The van der Waals surface area contributed by atoms with E-state index in [1.165, 1.54) is 0 Å². The van der Waals surface area contributed by atoms with Crippen LogP contribution >= 0.6 is 11.6 Å². The van der Waals surface area contributed by atoms with Crippen LogP contribution in [0.4, 0.5) is 4.79 Å². The standard InChI is InChI=1S/C24H37ClN2O4/c1-22(2,3)18-15-26(12-13-27(18)21(29)31-23(4,5)6)20(28)19(24(7,8)30)16-10-9-11-17(25)14-16/h9-11,14,18-19,30H,12-13,15H2,1-8H3. The smallest absolute Gasteiger partial charge is 0.410 e. The number of benzene rings is 1. The monoisotopic (exact) mass is 452 g/mol. The molecule has 6 nitrogen and oxygen atoms in total. The summed E-state index contributed by atoms with van der Waals surface area (Å²) in [6.07, 6.45) is -0.367. The molecule has 2 atom stereocenters. The predicted octanol–water partition coefficient (Wildman–Crippen LogP) is 4.69. The number of hydrogen-bond donors (Lipinski definition) is 1. The van der Waals surface area contributed by atoms with Gasteiger partial charge in [-0.3, -0.25) is 4.79 Å². The van der Waals surface area contributed by atoms with Crippen LogP contribution in [-0.4, -0.2) is 63.8 Å². The number of ether oxygens (including phenoxy) is 1. The summed E-state index contributed by atoms with van der Waals surface area (Å²) in [7, 11) is 0. The lowest BCUT2D eigenvalue weighted by molar-refractivity contribution is -0.142. The van der Waals surface area contributed by atoms with E-state index in [2.05, 4.69) is 0 Å². The second kappa shape index (κ2) is 8.99. The second-order valence-electron chi connectivity index (χ2n) is 11.0. The van der Waals surface area contributed by atoms with Crippen LogP contribution in [0.25, 0.3) is 0 Å². The van der Waals surface area contributed by atoms with Gasteiger partial charge in [-0.05, 0) is 57.7 Å². The SMILES string of the molecule is CC(C)(C)OC(=O)N1CCN(C(=O)C(c2cccc(Cl)c2)C(C)(C)O)CC1C(C)(C)C. The molecule has 2 unspecified atom stereocenters. The fraction of sp³-hybridized carbons (Fsp3) is 0.667. The Hall–Kier alpha value is -1.79. The minimum Gasteiger partial charge on any atom is -0.444 e. The van der Waals surface area contributed by atoms with E-state index in [9.17, 15) is 14.7 Å². The predicted molar refractivity (Wildman–Crippen MR) is 123 cm³/mol. The highest BCUT2D eigenvalue weighted by molar-refractivity contribution is 6.30. The molecule has 7 heteroatoms. The molecule has 2 rings (SSSR count). The highest BCUT2D eigenvalue weighted by Gasteiger charge is 2.44. The lowest BCUT2D eigenvalue weighted by Gasteiger charge is -2.48. The molecule has 174 valence electrons. The molecule has 0 aromatic heterocycles. The Kier molecular flexibility index (Phi) is 7.38. The molecule has 2 amide bonds. The molecule has 1 heterocycles. The average molecular weight is 453 g/mol. The fourth-order valence-electron chi connectivity index (χ4n) is 3.98. The number of carbonyl (C=O) groups is 2. The normalized spacial score (nSPS) is 19.2. The molecule has 1 N–H and O–H groups in total. The van der Waals surface area contributed by atoms with Gasteiger partial charge in [-0.25, -0.2) is 4.79 Å². The van der Waals surface area contributed by atoms with Crippen molar-refractivity contribution < 1.29 is 19.4 Å². The van der Waals surface area contributed by atoms with Gasteiger partial charge in [0.15, 0.2) is 0 Å². The summed E-state index contributed by atoms with van der Waals surface area (Å²) in [6, 6.07) is 6.83. The molecular weight excluding hydrogens is 416 g/mol. The Morgan fingerprint density at radius 1 is 1.10 bits per heavy atom. The quantitative estimate of drug-likeness (QED) is 0.722. The van der Waals surface area contributed by atoms with Gasteiger partial charge in [-0.2, -0.15) is 0 Å². The topological polar surface area (TPSA) is 70.1 Å². The molecule has 1 fully saturated rings. The number of piperazine rings is 1. The van der Waals surface area contributed by atoms with Gasteiger partial charge in [0.1, 0.15) is 5.60 Å². The maximum atomic E-state index is 13.6. The Morgan fingerprint density at radius 2 is 1.71 bits per heavy atom. The van der Waals surface area contributed by atoms with Crippen molar-refractivity contribution in [2.75, 3.05) is 19.6 Å². The van der Waals surface area contributed by atoms with E-state index < -0.39 is 17.1 Å². The van der Waals surface area contributed by atoms with Crippen LogP contribution in [0.3, 0.4) is 0 Å². The van der Waals surface area contributed by atoms with Gasteiger partial charge in [0, 0.05) is 24.7 Å². The first-order valence-corrected chi connectivity index (χ1v) is 11.1. The molecule has 1 saturated heterocycles. The van der Waals surface area contributed by atoms with Crippen molar-refractivity contribution in [1.82, 2.24) is 9.80 Å². The molecule has 1 aromatic carbocycles. The first-order chi connectivity index (χ1) is 14.0. The van der Waals surface area contributed by atoms with E-state index in [4.69, 9.17) is 16.3 Å². The summed E-state index contributed by atoms with van der Waals surface area (Å²) in [5.41, 5.74) is -1.46. The Morgan fingerprint density at radius 3 is 2.19 bits per heavy atom. The largest absolute Gasteiger partial charge is 0.444 e. The molecule has 1 aromatic rings. The number of hydrogen-bond acceptors (Lipinski definition) is 4. The zero-order valence-corrected chi connectivity index (χ0v) is 20.8. The Bertz CT molecular complexity index is 805. The van der Waals surface area contributed by atoms with Crippen molar-refractivity contribution >= 4 is 23.6 Å². The summed E-state index contributed by atoms with van der Waals surface area (Å²) < 4.78 is 5.61. The van der Waals surface area contributed by atoms with Gasteiger partial charge in [-0.1, -0.05) is 44.5 Å². The Balaban J connectivity index is 2.32. The Labute approximate surface area is 191 Å². The number of nitrogens with zero attached hydrogens (tertiary/aromatic N) is 2. The average Bonchev–Trinajstić information content (AvgIpc) is 2.58. The second-order valence-corrected chi connectivity index (χ2v) is 11.4. The maximum Gasteiger partial charge on any atom is 0.410 e. The van der Waals surface area contributed by atoms with E-state index in [1.54, 1.807) is 41.8 Å². The lowest BCUT2D eigenvalue weighted by atomic mass is 9.81. The molecule has 0 radical (unpaired) electrons. The third-order valence-electron chi connectivity index (χ3n) is 5.46. The number of aliphatic hydroxyl groups is 1. The van der Waals surface area contributed by atoms with E-state index >= 15 is 0 Å². The molecule has 1 aliphatic heterocycles. The van der Waals surface area contributed by atoms with Gasteiger partial charge in [0.05, 0.1) is 17.6 Å². The van der Waals surface area contributed by atoms with E-state index in [0.29, 0.717) is 30.2 Å². The van der Waals surface area contributed by atoms with E-state index in [1.807, 2.05) is 47.6 Å². The van der Waals surface area contributed by atoms with E-state index in [-0.39, 0.29) is 23.5 Å². The molecule has 0 bridgehead atoms. The maximum absolute atomic E-state index is 13.6. The van der Waals surface area contributed by atoms with Gasteiger partial charge < -0.3 is 19.6 Å². The van der Waals surface area contributed by atoms with Crippen LogP contribution in [0.2, 0.25) is 5.02 Å². The van der Waals surface area contributed by atoms with Crippen molar-refractivity contribution in [3.63, 3.8) is 0 Å². The van der Waals surface area contributed by atoms with Crippen molar-refractivity contribution in [3.8, 4) is 0 Å². The summed E-state index contributed by atoms with van der Waals surface area (Å²) in [4.78, 5) is 29.9. The first kappa shape index (κ1) is 25.5. The number of rotatable bonds is 3. The highest BCUT2D eigenvalue weighted by Crippen LogP contribution is 2.34. The van der Waals surface area contributed by atoms with Crippen LogP contribution in [0.15, 0.2) is 24.3 Å². The van der Waals surface area contributed by atoms with E-state index in [0.717, 1.165) is 0 Å². The third-order valence-corrected chi connectivity index (χ3v) is 5.69. The lowest BCUT2D eigenvalue weighted by Crippen LogP contribution is -2.62. The first-order valence-electron chi connectivity index (χ1n) is 10.8. The minimum atomic E-state index is -1.28. The van der Waals surface area contributed by atoms with Crippen molar-refractivity contribution in [1.29, 1.82) is 0 Å². The van der Waals surface area contributed by atoms with Crippen molar-refractivity contribution in [2.24, 2.45) is 5.41 Å². The zero-order valence-electron chi connectivity index (χ0n) is 20.0. The highest BCUT2D eigenvalue weighted by atomic mass is 35.5. The van der Waals surface area contributed by atoms with Crippen LogP contribution in [0.1, 0.15) is 66.9 Å². The molecule has 0 saturated carbocycles. The zero-order chi connectivity index (χ0) is 23.8. The molecule has 0 aliphatic carbocycles. The summed E-state index contributed by atoms with van der Waals surface area (Å²) in [5, 5.41) is 11.4. The van der Waals surface area contributed by atoms with Crippen molar-refractivity contribution in [2.45, 2.75) is 78.6 Å². The molecule has 1 aliphatic rings. The van der Waals surface area contributed by atoms with Crippen LogP contribution in [0.5, 0.6) is 0 Å². The fourth-order valence-corrected chi connectivity index (χ4v) is 4.18. The van der Waals surface area contributed by atoms with Gasteiger partial charge >= 0.3 is 6.09 Å². The van der Waals surface area contributed by atoms with Crippen LogP contribution in [-0.2, 0) is 9.53 Å². The minimum absolute atomic E-state index is 0.173.